The lowest BCUT2D eigenvalue weighted by molar-refractivity contribution is -0.194. The Kier molecular flexibility index (Phi) is 7.87. The van der Waals surface area contributed by atoms with Crippen molar-refractivity contribution >= 4 is 5.97 Å². The van der Waals surface area contributed by atoms with Gasteiger partial charge < -0.3 is 10.2 Å². The maximum absolute atomic E-state index is 11.7. The molecule has 4 aliphatic carbocycles. The van der Waals surface area contributed by atoms with Crippen LogP contribution in [-0.2, 0) is 4.79 Å². The van der Waals surface area contributed by atoms with Gasteiger partial charge in [-0.05, 0) is 97.2 Å². The van der Waals surface area contributed by atoms with Crippen LogP contribution >= 0.6 is 0 Å². The second-order valence-corrected chi connectivity index (χ2v) is 11.8. The molecule has 3 heteroatoms. The minimum absolute atomic E-state index is 0.126. The third-order valence-corrected chi connectivity index (χ3v) is 10.9. The Morgan fingerprint density at radius 2 is 1.65 bits per heavy atom. The van der Waals surface area contributed by atoms with E-state index in [1.54, 1.807) is 0 Å². The molecule has 0 aliphatic heterocycles. The molecule has 180 valence electrons. The zero-order valence-corrected chi connectivity index (χ0v) is 21.2. The third-order valence-electron chi connectivity index (χ3n) is 10.9. The van der Waals surface area contributed by atoms with Gasteiger partial charge in [0.05, 0.1) is 6.10 Å². The molecule has 0 saturated heterocycles. The number of rotatable bonds is 5. The van der Waals surface area contributed by atoms with E-state index in [4.69, 9.17) is 5.11 Å². The largest absolute Gasteiger partial charge is 0.481 e. The van der Waals surface area contributed by atoms with Crippen molar-refractivity contribution in [2.75, 3.05) is 0 Å². The molecule has 4 aliphatic rings. The Hall–Kier alpha value is -0.570. The molecule has 4 saturated carbocycles. The molecule has 2 N–H and O–H groups in total. The molecule has 31 heavy (non-hydrogen) atoms. The average Bonchev–Trinajstić information content (AvgIpc) is 3.11. The van der Waals surface area contributed by atoms with Crippen LogP contribution in [0.4, 0.5) is 0 Å². The predicted molar refractivity (Wildman–Crippen MR) is 128 cm³/mol. The topological polar surface area (TPSA) is 57.5 Å². The quantitative estimate of drug-likeness (QED) is 0.482. The van der Waals surface area contributed by atoms with E-state index in [1.807, 2.05) is 13.8 Å². The fourth-order valence-electron chi connectivity index (χ4n) is 9.57. The number of hydrogen-bond acceptors (Lipinski definition) is 2. The molecular formula is C28H50O3. The molecule has 0 heterocycles. The smallest absolute Gasteiger partial charge is 0.303 e. The molecule has 0 aromatic rings. The number of aliphatic carboxylic acids is 1. The van der Waals surface area contributed by atoms with Crippen molar-refractivity contribution in [3.05, 3.63) is 0 Å². The zero-order valence-electron chi connectivity index (χ0n) is 21.2. The van der Waals surface area contributed by atoms with Crippen LogP contribution in [0.3, 0.4) is 0 Å². The number of carbonyl (C=O) groups is 1. The minimum atomic E-state index is -0.662. The lowest BCUT2D eigenvalue weighted by atomic mass is 9.41. The van der Waals surface area contributed by atoms with Crippen molar-refractivity contribution in [2.24, 2.45) is 52.3 Å². The first-order chi connectivity index (χ1) is 14.7. The monoisotopic (exact) mass is 434 g/mol. The highest BCUT2D eigenvalue weighted by Gasteiger charge is 2.64. The number of hydrogen-bond donors (Lipinski definition) is 2. The van der Waals surface area contributed by atoms with Crippen LogP contribution < -0.4 is 0 Å². The number of aliphatic hydroxyl groups is 1. The molecule has 0 radical (unpaired) electrons. The van der Waals surface area contributed by atoms with E-state index in [-0.39, 0.29) is 11.5 Å². The van der Waals surface area contributed by atoms with E-state index in [1.165, 1.54) is 51.4 Å². The highest BCUT2D eigenvalue weighted by atomic mass is 16.4. The minimum Gasteiger partial charge on any atom is -0.481 e. The molecule has 0 amide bonds. The molecule has 0 aromatic heterocycles. The van der Waals surface area contributed by atoms with Crippen LogP contribution in [0, 0.1) is 52.3 Å². The Bertz CT molecular complexity index is 617. The van der Waals surface area contributed by atoms with Gasteiger partial charge in [-0.1, -0.05) is 60.8 Å². The lowest BCUT2D eigenvalue weighted by Crippen LogP contribution is -2.61. The summed E-state index contributed by atoms with van der Waals surface area (Å²) in [5.41, 5.74) is 0.716. The first kappa shape index (κ1) is 25.1. The van der Waals surface area contributed by atoms with E-state index in [2.05, 4.69) is 27.7 Å². The molecule has 4 rings (SSSR count). The summed E-state index contributed by atoms with van der Waals surface area (Å²) in [6, 6.07) is 0. The SMILES string of the molecule is CC.CC[C@@H]1C2CCCCC2(C)C2CCC3(C)C(CCC3[C@H](C)CCC(=O)O)C2[C@@H]1O. The summed E-state index contributed by atoms with van der Waals surface area (Å²) in [7, 11) is 0. The number of aliphatic hydroxyl groups excluding tert-OH is 1. The molecule has 0 spiro atoms. The molecule has 0 bridgehead atoms. The first-order valence-corrected chi connectivity index (χ1v) is 13.6. The highest BCUT2D eigenvalue weighted by molar-refractivity contribution is 5.66. The Morgan fingerprint density at radius 3 is 2.29 bits per heavy atom. The van der Waals surface area contributed by atoms with Gasteiger partial charge in [-0.15, -0.1) is 0 Å². The highest BCUT2D eigenvalue weighted by Crippen LogP contribution is 2.69. The van der Waals surface area contributed by atoms with Gasteiger partial charge in [0.25, 0.3) is 0 Å². The van der Waals surface area contributed by atoms with Gasteiger partial charge >= 0.3 is 5.97 Å². The van der Waals surface area contributed by atoms with Crippen molar-refractivity contribution in [1.29, 1.82) is 0 Å². The van der Waals surface area contributed by atoms with Crippen LogP contribution in [-0.4, -0.2) is 22.3 Å². The van der Waals surface area contributed by atoms with Crippen LogP contribution in [0.1, 0.15) is 112 Å². The summed E-state index contributed by atoms with van der Waals surface area (Å²) in [5, 5.41) is 20.9. The van der Waals surface area contributed by atoms with Crippen LogP contribution in [0.5, 0.6) is 0 Å². The molecule has 0 aromatic carbocycles. The van der Waals surface area contributed by atoms with E-state index >= 15 is 0 Å². The van der Waals surface area contributed by atoms with Crippen molar-refractivity contribution in [3.8, 4) is 0 Å². The number of fused-ring (bicyclic) bond motifs is 5. The molecule has 4 fully saturated rings. The molecular weight excluding hydrogens is 384 g/mol. The fraction of sp³-hybridized carbons (Fsp3) is 0.964. The summed E-state index contributed by atoms with van der Waals surface area (Å²) in [5.74, 6) is 3.41. The van der Waals surface area contributed by atoms with Gasteiger partial charge in [0, 0.05) is 6.42 Å². The average molecular weight is 435 g/mol. The van der Waals surface area contributed by atoms with Gasteiger partial charge in [0.15, 0.2) is 0 Å². The van der Waals surface area contributed by atoms with Crippen molar-refractivity contribution < 1.29 is 15.0 Å². The Morgan fingerprint density at radius 1 is 0.968 bits per heavy atom. The maximum atomic E-state index is 11.7. The zero-order chi connectivity index (χ0) is 23.0. The van der Waals surface area contributed by atoms with Gasteiger partial charge in [0.2, 0.25) is 0 Å². The molecule has 7 unspecified atom stereocenters. The summed E-state index contributed by atoms with van der Waals surface area (Å²) >= 11 is 0. The van der Waals surface area contributed by atoms with E-state index in [0.717, 1.165) is 12.8 Å². The summed E-state index contributed by atoms with van der Waals surface area (Å²) in [4.78, 5) is 11.1. The van der Waals surface area contributed by atoms with Gasteiger partial charge in [-0.25, -0.2) is 0 Å². The number of carboxylic acids is 1. The van der Waals surface area contributed by atoms with E-state index in [9.17, 15) is 9.90 Å². The Balaban J connectivity index is 0.00000132. The lowest BCUT2D eigenvalue weighted by Gasteiger charge is -2.64. The third kappa shape index (κ3) is 4.11. The predicted octanol–water partition coefficient (Wildman–Crippen LogP) is 7.17. The maximum Gasteiger partial charge on any atom is 0.303 e. The fourth-order valence-corrected chi connectivity index (χ4v) is 9.57. The van der Waals surface area contributed by atoms with Crippen LogP contribution in [0.25, 0.3) is 0 Å². The van der Waals surface area contributed by atoms with Gasteiger partial charge in [0.1, 0.15) is 0 Å². The molecule has 10 atom stereocenters. The van der Waals surface area contributed by atoms with Crippen molar-refractivity contribution in [1.82, 2.24) is 0 Å². The second kappa shape index (κ2) is 9.74. The summed E-state index contributed by atoms with van der Waals surface area (Å²) in [6.07, 6.45) is 12.5. The van der Waals surface area contributed by atoms with E-state index < -0.39 is 5.97 Å². The first-order valence-electron chi connectivity index (χ1n) is 13.6. The van der Waals surface area contributed by atoms with E-state index in [0.29, 0.717) is 53.3 Å². The van der Waals surface area contributed by atoms with Crippen LogP contribution in [0.2, 0.25) is 0 Å². The summed E-state index contributed by atoms with van der Waals surface area (Å²) in [6.45, 7) is 13.7. The number of carboxylic acid groups (broad SMARTS) is 1. The van der Waals surface area contributed by atoms with Gasteiger partial charge in [-0.3, -0.25) is 4.79 Å². The normalized spacial score (nSPS) is 47.3. The van der Waals surface area contributed by atoms with Crippen LogP contribution in [0.15, 0.2) is 0 Å². The van der Waals surface area contributed by atoms with Crippen molar-refractivity contribution in [3.63, 3.8) is 0 Å². The van der Waals surface area contributed by atoms with Crippen molar-refractivity contribution in [2.45, 2.75) is 118 Å². The Labute approximate surface area is 191 Å². The molecule has 3 nitrogen and oxygen atoms in total. The van der Waals surface area contributed by atoms with Gasteiger partial charge in [-0.2, -0.15) is 0 Å². The summed E-state index contributed by atoms with van der Waals surface area (Å²) < 4.78 is 0. The second-order valence-electron chi connectivity index (χ2n) is 11.8. The standard InChI is InChI=1S/C26H44O3.C2H6/c1-5-17-19-8-6-7-14-25(19,3)21-13-15-26(4)18(16(2)9-12-22(27)28)10-11-20(26)23(21)24(17)29;1-2/h16-21,23-24,29H,5-15H2,1-4H3,(H,27,28);1-2H3/t16-,17-,18?,19?,20?,21?,23?,24-,25?,26?;/m1./s1.